The van der Waals surface area contributed by atoms with Crippen LogP contribution in [-0.4, -0.2) is 13.2 Å². The zero-order valence-electron chi connectivity index (χ0n) is 9.29. The van der Waals surface area contributed by atoms with E-state index < -0.39 is 7.60 Å². The number of hydrogen-bond acceptors (Lipinski definition) is 5. The molecule has 0 radical (unpaired) electrons. The maximum absolute atomic E-state index is 12.2. The van der Waals surface area contributed by atoms with Gasteiger partial charge in [-0.3, -0.25) is 0 Å². The van der Waals surface area contributed by atoms with Crippen LogP contribution in [0.3, 0.4) is 0 Å². The van der Waals surface area contributed by atoms with E-state index >= 15 is 0 Å². The molecule has 5 nitrogen and oxygen atoms in total. The Kier molecular flexibility index (Phi) is 5.66. The Hall–Kier alpha value is -0.710. The fourth-order valence-corrected chi connectivity index (χ4v) is 2.18. The summed E-state index contributed by atoms with van der Waals surface area (Å²) in [4.78, 5) is 9.36. The van der Waals surface area contributed by atoms with E-state index in [-0.39, 0.29) is 13.2 Å². The molecule has 0 saturated carbocycles. The molecule has 0 unspecified atom stereocenters. The van der Waals surface area contributed by atoms with Gasteiger partial charge in [0.05, 0.1) is 18.5 Å². The molecular formula is C10H15O5P. The van der Waals surface area contributed by atoms with Gasteiger partial charge in [-0.05, 0) is 26.0 Å². The fourth-order valence-electron chi connectivity index (χ4n) is 0.953. The molecule has 0 amide bonds. The molecule has 0 atom stereocenters. The highest BCUT2D eigenvalue weighted by atomic mass is 31.2. The first-order chi connectivity index (χ1) is 7.73. The maximum atomic E-state index is 12.2. The summed E-state index contributed by atoms with van der Waals surface area (Å²) in [6, 6.07) is 8.51. The first-order valence-electron chi connectivity index (χ1n) is 5.01. The molecule has 16 heavy (non-hydrogen) atoms. The lowest BCUT2D eigenvalue weighted by molar-refractivity contribution is -0.260. The summed E-state index contributed by atoms with van der Waals surface area (Å²) >= 11 is 0. The molecule has 0 aromatic heterocycles. The third kappa shape index (κ3) is 3.70. The lowest BCUT2D eigenvalue weighted by Gasteiger charge is -2.15. The largest absolute Gasteiger partial charge is 0.414 e. The van der Waals surface area contributed by atoms with Gasteiger partial charge in [-0.25, -0.2) is 14.3 Å². The van der Waals surface area contributed by atoms with Crippen molar-refractivity contribution < 1.29 is 23.7 Å². The lowest BCUT2D eigenvalue weighted by atomic mass is 10.4. The van der Waals surface area contributed by atoms with Crippen LogP contribution in [0.15, 0.2) is 30.3 Å². The summed E-state index contributed by atoms with van der Waals surface area (Å²) in [5, 5.41) is 0.386. The van der Waals surface area contributed by atoms with Crippen molar-refractivity contribution in [2.45, 2.75) is 13.8 Å². The summed E-state index contributed by atoms with van der Waals surface area (Å²) in [7, 11) is -3.55. The van der Waals surface area contributed by atoms with Crippen molar-refractivity contribution in [1.29, 1.82) is 0 Å². The molecule has 0 aliphatic heterocycles. The summed E-state index contributed by atoms with van der Waals surface area (Å²) < 4.78 is 21.8. The normalized spacial score (nSPS) is 11.6. The van der Waals surface area contributed by atoms with Crippen LogP contribution in [0.25, 0.3) is 0 Å². The number of rotatable bonds is 7. The third-order valence-electron chi connectivity index (χ3n) is 1.61. The quantitative estimate of drug-likeness (QED) is 0.420. The second kappa shape index (κ2) is 6.78. The van der Waals surface area contributed by atoms with Gasteiger partial charge in [0.2, 0.25) is 0 Å². The van der Waals surface area contributed by atoms with Crippen LogP contribution in [0.2, 0.25) is 0 Å². The molecule has 0 aliphatic rings. The first kappa shape index (κ1) is 13.4. The van der Waals surface area contributed by atoms with E-state index in [9.17, 15) is 4.57 Å². The molecule has 90 valence electrons. The predicted molar refractivity (Wildman–Crippen MR) is 59.1 cm³/mol. The SMILES string of the molecule is CCOOP(=O)(OOCC)c1ccccc1. The van der Waals surface area contributed by atoms with Gasteiger partial charge in [0.25, 0.3) is 0 Å². The van der Waals surface area contributed by atoms with Crippen molar-refractivity contribution in [3.05, 3.63) is 30.3 Å². The second-order valence-corrected chi connectivity index (χ2v) is 4.60. The van der Waals surface area contributed by atoms with Crippen LogP contribution < -0.4 is 5.30 Å². The Labute approximate surface area is 94.7 Å². The zero-order valence-corrected chi connectivity index (χ0v) is 10.2. The van der Waals surface area contributed by atoms with Gasteiger partial charge in [-0.1, -0.05) is 18.2 Å². The topological polar surface area (TPSA) is 54.0 Å². The van der Waals surface area contributed by atoms with Gasteiger partial charge >= 0.3 is 7.60 Å². The van der Waals surface area contributed by atoms with Crippen LogP contribution in [-0.2, 0) is 23.7 Å². The molecular weight excluding hydrogens is 231 g/mol. The van der Waals surface area contributed by atoms with E-state index in [4.69, 9.17) is 9.35 Å². The predicted octanol–water partition coefficient (Wildman–Crippen LogP) is 2.44. The minimum Gasteiger partial charge on any atom is -0.250 e. The molecule has 1 aromatic rings. The van der Waals surface area contributed by atoms with Crippen molar-refractivity contribution in [2.24, 2.45) is 0 Å². The molecule has 0 saturated heterocycles. The first-order valence-corrected chi connectivity index (χ1v) is 6.55. The van der Waals surface area contributed by atoms with Crippen LogP contribution >= 0.6 is 7.60 Å². The van der Waals surface area contributed by atoms with Crippen molar-refractivity contribution in [1.82, 2.24) is 0 Å². The lowest BCUT2D eigenvalue weighted by Crippen LogP contribution is -2.11. The Morgan fingerprint density at radius 1 is 1.00 bits per heavy atom. The van der Waals surface area contributed by atoms with Crippen molar-refractivity contribution in [3.8, 4) is 0 Å². The van der Waals surface area contributed by atoms with E-state index in [1.54, 1.807) is 44.2 Å². The molecule has 0 spiro atoms. The molecule has 0 fully saturated rings. The smallest absolute Gasteiger partial charge is 0.250 e. The molecule has 0 aliphatic carbocycles. The second-order valence-electron chi connectivity index (χ2n) is 2.80. The monoisotopic (exact) mass is 246 g/mol. The molecule has 0 N–H and O–H groups in total. The van der Waals surface area contributed by atoms with Gasteiger partial charge < -0.3 is 0 Å². The highest BCUT2D eigenvalue weighted by Gasteiger charge is 2.30. The third-order valence-corrected chi connectivity index (χ3v) is 3.14. The minimum atomic E-state index is -3.55. The van der Waals surface area contributed by atoms with E-state index in [0.717, 1.165) is 0 Å². The van der Waals surface area contributed by atoms with Crippen molar-refractivity contribution >= 4 is 12.9 Å². The van der Waals surface area contributed by atoms with E-state index in [1.165, 1.54) is 0 Å². The van der Waals surface area contributed by atoms with Crippen molar-refractivity contribution in [2.75, 3.05) is 13.2 Å². The van der Waals surface area contributed by atoms with Gasteiger partial charge in [0.15, 0.2) is 0 Å². The summed E-state index contributed by atoms with van der Waals surface area (Å²) in [5.41, 5.74) is 0. The molecule has 1 aromatic carbocycles. The Bertz CT molecular complexity index is 328. The number of hydrogen-bond donors (Lipinski definition) is 0. The summed E-state index contributed by atoms with van der Waals surface area (Å²) in [6.07, 6.45) is 0. The fraction of sp³-hybridized carbons (Fsp3) is 0.400. The molecule has 0 heterocycles. The van der Waals surface area contributed by atoms with Gasteiger partial charge in [-0.15, -0.1) is 9.35 Å². The van der Waals surface area contributed by atoms with Crippen LogP contribution in [0.5, 0.6) is 0 Å². The van der Waals surface area contributed by atoms with Crippen LogP contribution in [0, 0.1) is 0 Å². The standard InChI is InChI=1S/C10H15O5P/c1-3-12-14-16(11,15-13-4-2)10-8-6-5-7-9-10/h5-9H,3-4H2,1-2H3. The molecule has 0 bridgehead atoms. The highest BCUT2D eigenvalue weighted by Crippen LogP contribution is 2.47. The van der Waals surface area contributed by atoms with E-state index in [0.29, 0.717) is 5.30 Å². The summed E-state index contributed by atoms with van der Waals surface area (Å²) in [5.74, 6) is 0. The average Bonchev–Trinajstić information content (AvgIpc) is 2.35. The van der Waals surface area contributed by atoms with E-state index in [2.05, 4.69) is 9.78 Å². The Morgan fingerprint density at radius 3 is 1.94 bits per heavy atom. The average molecular weight is 246 g/mol. The highest BCUT2D eigenvalue weighted by molar-refractivity contribution is 7.61. The van der Waals surface area contributed by atoms with Crippen molar-refractivity contribution in [3.63, 3.8) is 0 Å². The molecule has 6 heteroatoms. The van der Waals surface area contributed by atoms with Gasteiger partial charge in [-0.2, -0.15) is 0 Å². The minimum absolute atomic E-state index is 0.270. The maximum Gasteiger partial charge on any atom is 0.414 e. The van der Waals surface area contributed by atoms with Crippen LogP contribution in [0.1, 0.15) is 13.8 Å². The number of benzene rings is 1. The van der Waals surface area contributed by atoms with E-state index in [1.807, 2.05) is 0 Å². The van der Waals surface area contributed by atoms with Gasteiger partial charge in [0, 0.05) is 0 Å². The summed E-state index contributed by atoms with van der Waals surface area (Å²) in [6.45, 7) is 3.98. The zero-order chi connectivity index (χ0) is 11.9. The van der Waals surface area contributed by atoms with Crippen LogP contribution in [0.4, 0.5) is 0 Å². The Balaban J connectivity index is 2.82. The molecule has 1 rings (SSSR count). The Morgan fingerprint density at radius 2 is 1.50 bits per heavy atom. The van der Waals surface area contributed by atoms with Gasteiger partial charge in [0.1, 0.15) is 0 Å².